The molecule has 2 rings (SSSR count). The zero-order chi connectivity index (χ0) is 14.5. The van der Waals surface area contributed by atoms with Gasteiger partial charge in [0.25, 0.3) is 0 Å². The van der Waals surface area contributed by atoms with Crippen molar-refractivity contribution in [1.29, 1.82) is 0 Å². The molecule has 0 saturated heterocycles. The topological polar surface area (TPSA) is 57.0 Å². The van der Waals surface area contributed by atoms with Gasteiger partial charge in [0.1, 0.15) is 0 Å². The molecule has 20 heavy (non-hydrogen) atoms. The largest absolute Gasteiger partial charge is 0.469 e. The molecule has 0 radical (unpaired) electrons. The molecule has 2 aromatic rings. The number of nitrogens with zero attached hydrogens (tertiary/aromatic N) is 3. The van der Waals surface area contributed by atoms with Crippen molar-refractivity contribution in [2.45, 2.75) is 26.2 Å². The molecule has 2 aromatic heterocycles. The van der Waals surface area contributed by atoms with Crippen LogP contribution in [0, 0.1) is 0 Å². The first kappa shape index (κ1) is 14.2. The maximum atomic E-state index is 11.2. The summed E-state index contributed by atoms with van der Waals surface area (Å²) in [5, 5.41) is 4.44. The zero-order valence-electron chi connectivity index (χ0n) is 12.1. The average molecular weight is 273 g/mol. The summed E-state index contributed by atoms with van der Waals surface area (Å²) in [4.78, 5) is 15.6. The van der Waals surface area contributed by atoms with Crippen molar-refractivity contribution in [3.05, 3.63) is 35.7 Å². The summed E-state index contributed by atoms with van der Waals surface area (Å²) < 4.78 is 6.46. The lowest BCUT2D eigenvalue weighted by atomic mass is 10.1. The summed E-state index contributed by atoms with van der Waals surface area (Å²) in [7, 11) is 3.29. The highest BCUT2D eigenvalue weighted by molar-refractivity contribution is 5.69. The monoisotopic (exact) mass is 273 g/mol. The molecular weight excluding hydrogens is 254 g/mol. The second-order valence-electron chi connectivity index (χ2n) is 4.59. The van der Waals surface area contributed by atoms with Gasteiger partial charge in [0, 0.05) is 19.7 Å². The average Bonchev–Trinajstić information content (AvgIpc) is 2.85. The van der Waals surface area contributed by atoms with Gasteiger partial charge in [0.15, 0.2) is 0 Å². The molecule has 0 N–H and O–H groups in total. The minimum Gasteiger partial charge on any atom is -0.469 e. The minimum absolute atomic E-state index is 0.218. The molecule has 2 heterocycles. The summed E-state index contributed by atoms with van der Waals surface area (Å²) in [5.41, 5.74) is 3.99. The Labute approximate surface area is 118 Å². The Balaban J connectivity index is 2.25. The number of hydrogen-bond acceptors (Lipinski definition) is 4. The second-order valence-corrected chi connectivity index (χ2v) is 4.59. The molecule has 0 aliphatic rings. The Kier molecular flexibility index (Phi) is 4.50. The van der Waals surface area contributed by atoms with Crippen molar-refractivity contribution in [2.75, 3.05) is 7.11 Å². The zero-order valence-corrected chi connectivity index (χ0v) is 12.1. The van der Waals surface area contributed by atoms with Gasteiger partial charge in [-0.05, 0) is 24.1 Å². The van der Waals surface area contributed by atoms with Gasteiger partial charge in [-0.25, -0.2) is 0 Å². The van der Waals surface area contributed by atoms with Crippen LogP contribution in [0.5, 0.6) is 0 Å². The molecule has 0 aliphatic heterocycles. The second kappa shape index (κ2) is 6.32. The summed E-state index contributed by atoms with van der Waals surface area (Å²) >= 11 is 0. The predicted molar refractivity (Wildman–Crippen MR) is 76.2 cm³/mol. The van der Waals surface area contributed by atoms with Crippen molar-refractivity contribution in [2.24, 2.45) is 7.05 Å². The highest BCUT2D eigenvalue weighted by Gasteiger charge is 2.12. The predicted octanol–water partition coefficient (Wildman–Crippen LogP) is 2.15. The van der Waals surface area contributed by atoms with Crippen molar-refractivity contribution in [3.8, 4) is 11.4 Å². The fourth-order valence-electron chi connectivity index (χ4n) is 2.16. The molecule has 0 amide bonds. The van der Waals surface area contributed by atoms with Crippen LogP contribution in [-0.2, 0) is 29.4 Å². The summed E-state index contributed by atoms with van der Waals surface area (Å²) in [5.74, 6) is -0.218. The van der Waals surface area contributed by atoms with E-state index in [-0.39, 0.29) is 5.97 Å². The SMILES string of the molecule is CCc1cccnc1-c1cc(CCC(=O)OC)nn1C. The smallest absolute Gasteiger partial charge is 0.305 e. The highest BCUT2D eigenvalue weighted by atomic mass is 16.5. The molecule has 0 fully saturated rings. The van der Waals surface area contributed by atoms with Gasteiger partial charge in [-0.2, -0.15) is 5.10 Å². The Hall–Kier alpha value is -2.17. The first-order valence-corrected chi connectivity index (χ1v) is 6.69. The molecule has 0 aliphatic carbocycles. The number of rotatable bonds is 5. The first-order valence-electron chi connectivity index (χ1n) is 6.69. The molecule has 0 bridgehead atoms. The van der Waals surface area contributed by atoms with Crippen LogP contribution in [0.15, 0.2) is 24.4 Å². The fraction of sp³-hybridized carbons (Fsp3) is 0.400. The third-order valence-electron chi connectivity index (χ3n) is 3.26. The fourth-order valence-corrected chi connectivity index (χ4v) is 2.16. The summed E-state index contributed by atoms with van der Waals surface area (Å²) in [6, 6.07) is 6.00. The van der Waals surface area contributed by atoms with E-state index >= 15 is 0 Å². The van der Waals surface area contributed by atoms with Gasteiger partial charge >= 0.3 is 5.97 Å². The molecule has 0 unspecified atom stereocenters. The first-order chi connectivity index (χ1) is 9.65. The van der Waals surface area contributed by atoms with Crippen LogP contribution in [-0.4, -0.2) is 27.8 Å². The molecule has 0 spiro atoms. The van der Waals surface area contributed by atoms with E-state index in [4.69, 9.17) is 0 Å². The molecule has 5 heteroatoms. The lowest BCUT2D eigenvalue weighted by Crippen LogP contribution is -2.02. The molecule has 0 atom stereocenters. The van der Waals surface area contributed by atoms with Gasteiger partial charge in [-0.15, -0.1) is 0 Å². The van der Waals surface area contributed by atoms with Gasteiger partial charge in [-0.1, -0.05) is 13.0 Å². The molecular formula is C15H19N3O2. The van der Waals surface area contributed by atoms with Crippen LogP contribution in [0.3, 0.4) is 0 Å². The van der Waals surface area contributed by atoms with Gasteiger partial charge in [-0.3, -0.25) is 14.5 Å². The lowest BCUT2D eigenvalue weighted by Gasteiger charge is -2.05. The Morgan fingerprint density at radius 1 is 1.45 bits per heavy atom. The normalized spacial score (nSPS) is 10.6. The van der Waals surface area contributed by atoms with Gasteiger partial charge in [0.2, 0.25) is 0 Å². The number of hydrogen-bond donors (Lipinski definition) is 0. The standard InChI is InChI=1S/C15H19N3O2/c1-4-11-6-5-9-16-15(11)13-10-12(17-18(13)2)7-8-14(19)20-3/h5-6,9-10H,4,7-8H2,1-3H3. The van der Waals surface area contributed by atoms with Crippen LogP contribution in [0.2, 0.25) is 0 Å². The Morgan fingerprint density at radius 2 is 2.25 bits per heavy atom. The van der Waals surface area contributed by atoms with E-state index in [1.807, 2.05) is 23.9 Å². The maximum Gasteiger partial charge on any atom is 0.305 e. The quantitative estimate of drug-likeness (QED) is 0.783. The number of ether oxygens (including phenoxy) is 1. The van der Waals surface area contributed by atoms with E-state index in [1.54, 1.807) is 6.20 Å². The van der Waals surface area contributed by atoms with E-state index in [1.165, 1.54) is 12.7 Å². The van der Waals surface area contributed by atoms with Gasteiger partial charge < -0.3 is 4.74 Å². The molecule has 0 aromatic carbocycles. The van der Waals surface area contributed by atoms with Crippen LogP contribution in [0.25, 0.3) is 11.4 Å². The summed E-state index contributed by atoms with van der Waals surface area (Å²) in [6.45, 7) is 2.11. The van der Waals surface area contributed by atoms with Crippen molar-refractivity contribution >= 4 is 5.97 Å². The number of pyridine rings is 1. The molecule has 5 nitrogen and oxygen atoms in total. The lowest BCUT2D eigenvalue weighted by molar-refractivity contribution is -0.140. The maximum absolute atomic E-state index is 11.2. The third-order valence-corrected chi connectivity index (χ3v) is 3.26. The highest BCUT2D eigenvalue weighted by Crippen LogP contribution is 2.22. The number of carbonyl (C=O) groups is 1. The summed E-state index contributed by atoms with van der Waals surface area (Å²) in [6.07, 6.45) is 3.63. The number of aryl methyl sites for hydroxylation is 3. The molecule has 106 valence electrons. The van der Waals surface area contributed by atoms with Crippen LogP contribution >= 0.6 is 0 Å². The molecule has 0 saturated carbocycles. The number of aromatic nitrogens is 3. The van der Waals surface area contributed by atoms with Crippen LogP contribution in [0.1, 0.15) is 24.6 Å². The number of esters is 1. The van der Waals surface area contributed by atoms with Crippen LogP contribution < -0.4 is 0 Å². The Morgan fingerprint density at radius 3 is 2.95 bits per heavy atom. The Bertz CT molecular complexity index is 605. The van der Waals surface area contributed by atoms with E-state index in [0.29, 0.717) is 12.8 Å². The van der Waals surface area contributed by atoms with Crippen LogP contribution in [0.4, 0.5) is 0 Å². The van der Waals surface area contributed by atoms with E-state index in [0.717, 1.165) is 23.5 Å². The minimum atomic E-state index is -0.218. The van der Waals surface area contributed by atoms with Crippen molar-refractivity contribution < 1.29 is 9.53 Å². The van der Waals surface area contributed by atoms with E-state index < -0.39 is 0 Å². The van der Waals surface area contributed by atoms with Crippen molar-refractivity contribution in [3.63, 3.8) is 0 Å². The van der Waals surface area contributed by atoms with Gasteiger partial charge in [0.05, 0.1) is 30.6 Å². The van der Waals surface area contributed by atoms with E-state index in [9.17, 15) is 4.79 Å². The van der Waals surface area contributed by atoms with Crippen molar-refractivity contribution in [1.82, 2.24) is 14.8 Å². The van der Waals surface area contributed by atoms with E-state index in [2.05, 4.69) is 27.8 Å². The number of carbonyl (C=O) groups excluding carboxylic acids is 1. The third kappa shape index (κ3) is 3.04. The number of methoxy groups -OCH3 is 1.